The van der Waals surface area contributed by atoms with Gasteiger partial charge in [-0.25, -0.2) is 0 Å². The Bertz CT molecular complexity index is 245. The van der Waals surface area contributed by atoms with E-state index in [1.165, 1.54) is 0 Å². The van der Waals surface area contributed by atoms with E-state index in [0.29, 0.717) is 6.61 Å². The van der Waals surface area contributed by atoms with Gasteiger partial charge in [0, 0.05) is 6.54 Å². The van der Waals surface area contributed by atoms with Crippen molar-refractivity contribution in [3.63, 3.8) is 0 Å². The van der Waals surface area contributed by atoms with Crippen molar-refractivity contribution >= 4 is 0 Å². The summed E-state index contributed by atoms with van der Waals surface area (Å²) in [7, 11) is 1.91. The molecule has 1 rings (SSSR count). The number of nitrogens with one attached hydrogen (secondary N) is 1. The fraction of sp³-hybridized carbons (Fsp3) is 0.600. The smallest absolute Gasteiger partial charge is 0.129 e. The highest BCUT2D eigenvalue weighted by Crippen LogP contribution is 2.08. The van der Waals surface area contributed by atoms with Crippen molar-refractivity contribution in [1.82, 2.24) is 5.32 Å². The maximum atomic E-state index is 5.53. The van der Waals surface area contributed by atoms with E-state index >= 15 is 0 Å². The Morgan fingerprint density at radius 3 is 2.85 bits per heavy atom. The Kier molecular flexibility index (Phi) is 3.99. The summed E-state index contributed by atoms with van der Waals surface area (Å²) in [6.45, 7) is 5.38. The second-order valence-electron chi connectivity index (χ2n) is 3.19. The van der Waals surface area contributed by atoms with E-state index in [0.717, 1.165) is 18.1 Å². The number of ether oxygens (including phenoxy) is 1. The molecular formula is C10H17NO2. The molecule has 0 saturated carbocycles. The molecule has 0 aliphatic rings. The molecule has 1 atom stereocenters. The molecule has 0 radical (unpaired) electrons. The third-order valence-corrected chi connectivity index (χ3v) is 1.80. The Balaban J connectivity index is 2.26. The van der Waals surface area contributed by atoms with Gasteiger partial charge in [-0.05, 0) is 33.0 Å². The first-order valence-electron chi connectivity index (χ1n) is 4.54. The molecule has 1 aromatic rings. The van der Waals surface area contributed by atoms with Crippen LogP contribution in [0.2, 0.25) is 0 Å². The van der Waals surface area contributed by atoms with Gasteiger partial charge in [-0.2, -0.15) is 0 Å². The second kappa shape index (κ2) is 5.04. The summed E-state index contributed by atoms with van der Waals surface area (Å²) in [4.78, 5) is 0. The maximum absolute atomic E-state index is 5.53. The summed E-state index contributed by atoms with van der Waals surface area (Å²) in [5, 5.41) is 3.05. The van der Waals surface area contributed by atoms with Crippen LogP contribution >= 0.6 is 0 Å². The number of rotatable bonds is 5. The Hall–Kier alpha value is -0.800. The van der Waals surface area contributed by atoms with Crippen molar-refractivity contribution in [2.24, 2.45) is 0 Å². The van der Waals surface area contributed by atoms with Crippen LogP contribution < -0.4 is 5.32 Å². The molecule has 0 saturated heterocycles. The van der Waals surface area contributed by atoms with Gasteiger partial charge in [-0.3, -0.25) is 0 Å². The molecule has 0 aliphatic carbocycles. The molecule has 0 aliphatic heterocycles. The summed E-state index contributed by atoms with van der Waals surface area (Å²) < 4.78 is 10.9. The topological polar surface area (TPSA) is 34.4 Å². The molecule has 3 heteroatoms. The zero-order chi connectivity index (χ0) is 9.68. The molecule has 0 bridgehead atoms. The summed E-state index contributed by atoms with van der Waals surface area (Å²) >= 11 is 0. The molecule has 74 valence electrons. The minimum absolute atomic E-state index is 0.218. The lowest BCUT2D eigenvalue weighted by atomic mass is 10.4. The van der Waals surface area contributed by atoms with Gasteiger partial charge in [-0.15, -0.1) is 0 Å². The SMILES string of the molecule is CNCC(C)OCc1ccc(C)o1. The molecule has 0 fully saturated rings. The highest BCUT2D eigenvalue weighted by molar-refractivity contribution is 5.04. The first-order valence-corrected chi connectivity index (χ1v) is 4.54. The summed E-state index contributed by atoms with van der Waals surface area (Å²) in [5.74, 6) is 1.82. The molecule has 3 nitrogen and oxygen atoms in total. The van der Waals surface area contributed by atoms with Gasteiger partial charge in [0.2, 0.25) is 0 Å². The first-order chi connectivity index (χ1) is 6.22. The fourth-order valence-electron chi connectivity index (χ4n) is 1.13. The van der Waals surface area contributed by atoms with E-state index in [1.807, 2.05) is 33.0 Å². The van der Waals surface area contributed by atoms with Gasteiger partial charge in [0.1, 0.15) is 18.1 Å². The standard InChI is InChI=1S/C10H17NO2/c1-8-4-5-10(13-8)7-12-9(2)6-11-3/h4-5,9,11H,6-7H2,1-3H3. The van der Waals surface area contributed by atoms with Crippen molar-refractivity contribution in [3.8, 4) is 0 Å². The Morgan fingerprint density at radius 1 is 1.54 bits per heavy atom. The molecule has 1 aromatic heterocycles. The zero-order valence-corrected chi connectivity index (χ0v) is 8.46. The van der Waals surface area contributed by atoms with Gasteiger partial charge < -0.3 is 14.5 Å². The number of hydrogen-bond acceptors (Lipinski definition) is 3. The van der Waals surface area contributed by atoms with Crippen LogP contribution in [0.25, 0.3) is 0 Å². The van der Waals surface area contributed by atoms with E-state index in [-0.39, 0.29) is 6.10 Å². The molecule has 1 unspecified atom stereocenters. The quantitative estimate of drug-likeness (QED) is 0.754. The van der Waals surface area contributed by atoms with Gasteiger partial charge >= 0.3 is 0 Å². The molecule has 13 heavy (non-hydrogen) atoms. The fourth-order valence-corrected chi connectivity index (χ4v) is 1.13. The molecule has 0 aromatic carbocycles. The predicted molar refractivity (Wildman–Crippen MR) is 51.6 cm³/mol. The molecular weight excluding hydrogens is 166 g/mol. The van der Waals surface area contributed by atoms with Crippen LogP contribution in [0.3, 0.4) is 0 Å². The van der Waals surface area contributed by atoms with Crippen LogP contribution in [0.5, 0.6) is 0 Å². The largest absolute Gasteiger partial charge is 0.464 e. The normalized spacial score (nSPS) is 13.2. The van der Waals surface area contributed by atoms with E-state index < -0.39 is 0 Å². The number of aryl methyl sites for hydroxylation is 1. The number of likely N-dealkylation sites (N-methyl/N-ethyl adjacent to an activating group) is 1. The van der Waals surface area contributed by atoms with Crippen LogP contribution in [0.15, 0.2) is 16.5 Å². The van der Waals surface area contributed by atoms with Crippen LogP contribution in [0.1, 0.15) is 18.4 Å². The predicted octanol–water partition coefficient (Wildman–Crippen LogP) is 1.71. The lowest BCUT2D eigenvalue weighted by Crippen LogP contribution is -2.23. The maximum Gasteiger partial charge on any atom is 0.129 e. The average Bonchev–Trinajstić information content (AvgIpc) is 2.49. The zero-order valence-electron chi connectivity index (χ0n) is 8.46. The van der Waals surface area contributed by atoms with Crippen LogP contribution in [-0.4, -0.2) is 19.7 Å². The van der Waals surface area contributed by atoms with E-state index in [4.69, 9.17) is 9.15 Å². The molecule has 0 spiro atoms. The highest BCUT2D eigenvalue weighted by atomic mass is 16.5. The molecule has 1 heterocycles. The van der Waals surface area contributed by atoms with Gasteiger partial charge in [-0.1, -0.05) is 0 Å². The number of hydrogen-bond donors (Lipinski definition) is 1. The van der Waals surface area contributed by atoms with Crippen molar-refractivity contribution in [3.05, 3.63) is 23.7 Å². The summed E-state index contributed by atoms with van der Waals surface area (Å²) in [6, 6.07) is 3.89. The van der Waals surface area contributed by atoms with Crippen LogP contribution in [0, 0.1) is 6.92 Å². The average molecular weight is 183 g/mol. The van der Waals surface area contributed by atoms with Gasteiger partial charge in [0.25, 0.3) is 0 Å². The first kappa shape index (κ1) is 10.3. The minimum Gasteiger partial charge on any atom is -0.464 e. The number of furan rings is 1. The van der Waals surface area contributed by atoms with Crippen molar-refractivity contribution in [2.75, 3.05) is 13.6 Å². The third-order valence-electron chi connectivity index (χ3n) is 1.80. The minimum atomic E-state index is 0.218. The van der Waals surface area contributed by atoms with E-state index in [9.17, 15) is 0 Å². The van der Waals surface area contributed by atoms with Crippen molar-refractivity contribution in [1.29, 1.82) is 0 Å². The van der Waals surface area contributed by atoms with Gasteiger partial charge in [0.15, 0.2) is 0 Å². The summed E-state index contributed by atoms with van der Waals surface area (Å²) in [5.41, 5.74) is 0. The third kappa shape index (κ3) is 3.61. The van der Waals surface area contributed by atoms with Crippen molar-refractivity contribution in [2.45, 2.75) is 26.6 Å². The lowest BCUT2D eigenvalue weighted by Gasteiger charge is -2.10. The van der Waals surface area contributed by atoms with Gasteiger partial charge in [0.05, 0.1) is 6.10 Å². The van der Waals surface area contributed by atoms with Crippen LogP contribution in [0.4, 0.5) is 0 Å². The molecule has 1 N–H and O–H groups in total. The second-order valence-corrected chi connectivity index (χ2v) is 3.19. The van der Waals surface area contributed by atoms with Crippen LogP contribution in [-0.2, 0) is 11.3 Å². The van der Waals surface area contributed by atoms with E-state index in [2.05, 4.69) is 5.32 Å². The highest BCUT2D eigenvalue weighted by Gasteiger charge is 2.03. The summed E-state index contributed by atoms with van der Waals surface area (Å²) in [6.07, 6.45) is 0.218. The monoisotopic (exact) mass is 183 g/mol. The Morgan fingerprint density at radius 2 is 2.31 bits per heavy atom. The Labute approximate surface area is 79.1 Å². The van der Waals surface area contributed by atoms with E-state index in [1.54, 1.807) is 0 Å². The molecule has 0 amide bonds. The van der Waals surface area contributed by atoms with Crippen molar-refractivity contribution < 1.29 is 9.15 Å². The lowest BCUT2D eigenvalue weighted by molar-refractivity contribution is 0.0438.